The van der Waals surface area contributed by atoms with E-state index in [1.54, 1.807) is 0 Å². The third-order valence-electron chi connectivity index (χ3n) is 2.93. The van der Waals surface area contributed by atoms with Gasteiger partial charge < -0.3 is 9.73 Å². The van der Waals surface area contributed by atoms with Crippen LogP contribution in [0.15, 0.2) is 22.6 Å². The van der Waals surface area contributed by atoms with Gasteiger partial charge in [-0.2, -0.15) is 0 Å². The molecule has 0 aliphatic heterocycles. The topological polar surface area (TPSA) is 51.0 Å². The smallest absolute Gasteiger partial charge is 0.248 e. The van der Waals surface area contributed by atoms with Gasteiger partial charge in [0.05, 0.1) is 0 Å². The van der Waals surface area contributed by atoms with E-state index in [-0.39, 0.29) is 0 Å². The van der Waals surface area contributed by atoms with Gasteiger partial charge in [-0.05, 0) is 31.5 Å². The van der Waals surface area contributed by atoms with Crippen LogP contribution < -0.4 is 5.32 Å². The molecular weight excluding hydrogens is 226 g/mol. The van der Waals surface area contributed by atoms with E-state index in [2.05, 4.69) is 48.4 Å². The van der Waals surface area contributed by atoms with Gasteiger partial charge in [0.15, 0.2) is 0 Å². The molecule has 2 rings (SSSR count). The van der Waals surface area contributed by atoms with Crippen LogP contribution in [0.2, 0.25) is 0 Å². The van der Waals surface area contributed by atoms with Gasteiger partial charge in [0.25, 0.3) is 0 Å². The predicted molar refractivity (Wildman–Crippen MR) is 71.5 cm³/mol. The van der Waals surface area contributed by atoms with E-state index in [0.717, 1.165) is 36.2 Å². The molecule has 18 heavy (non-hydrogen) atoms. The molecule has 0 fully saturated rings. The van der Waals surface area contributed by atoms with Crippen LogP contribution in [0.3, 0.4) is 0 Å². The molecule has 1 aromatic carbocycles. The summed E-state index contributed by atoms with van der Waals surface area (Å²) in [5.74, 6) is 1.31. The first-order valence-corrected chi connectivity index (χ1v) is 6.32. The number of hydrogen-bond acceptors (Lipinski definition) is 4. The maximum Gasteiger partial charge on any atom is 0.248 e. The van der Waals surface area contributed by atoms with Crippen molar-refractivity contribution in [2.75, 3.05) is 13.1 Å². The third kappa shape index (κ3) is 2.76. The lowest BCUT2D eigenvalue weighted by Crippen LogP contribution is -2.16. The number of likely N-dealkylation sites (N-methyl/N-ethyl adjacent to an activating group) is 1. The summed E-state index contributed by atoms with van der Waals surface area (Å²) in [4.78, 5) is 0. The Hall–Kier alpha value is -1.68. The van der Waals surface area contributed by atoms with Crippen molar-refractivity contribution in [3.05, 3.63) is 35.2 Å². The normalized spacial score (nSPS) is 10.8. The van der Waals surface area contributed by atoms with Gasteiger partial charge in [-0.3, -0.25) is 0 Å². The van der Waals surface area contributed by atoms with E-state index in [1.165, 1.54) is 0 Å². The molecule has 96 valence electrons. The van der Waals surface area contributed by atoms with Crippen LogP contribution in [0.1, 0.15) is 23.9 Å². The molecule has 0 saturated carbocycles. The lowest BCUT2D eigenvalue weighted by Gasteiger charge is -2.04. The van der Waals surface area contributed by atoms with E-state index in [4.69, 9.17) is 4.42 Å². The Balaban J connectivity index is 2.19. The highest BCUT2D eigenvalue weighted by molar-refractivity contribution is 5.62. The third-order valence-corrected chi connectivity index (χ3v) is 2.93. The van der Waals surface area contributed by atoms with Crippen LogP contribution >= 0.6 is 0 Å². The Morgan fingerprint density at radius 1 is 1.17 bits per heavy atom. The predicted octanol–water partition coefficient (Wildman–Crippen LogP) is 2.51. The summed E-state index contributed by atoms with van der Waals surface area (Å²) in [5.41, 5.74) is 3.38. The molecular formula is C14H19N3O. The standard InChI is InChI=1S/C14H19N3O/c1-4-15-9-8-12-16-17-14(18-12)13-10(2)6-5-7-11(13)3/h5-7,15H,4,8-9H2,1-3H3. The molecule has 0 unspecified atom stereocenters. The van der Waals surface area contributed by atoms with E-state index in [0.29, 0.717) is 11.8 Å². The average molecular weight is 245 g/mol. The number of aromatic nitrogens is 2. The maximum atomic E-state index is 5.72. The monoisotopic (exact) mass is 245 g/mol. The van der Waals surface area contributed by atoms with Crippen molar-refractivity contribution in [1.29, 1.82) is 0 Å². The van der Waals surface area contributed by atoms with Crippen molar-refractivity contribution in [3.63, 3.8) is 0 Å². The molecule has 0 aliphatic carbocycles. The maximum absolute atomic E-state index is 5.72. The Morgan fingerprint density at radius 3 is 2.56 bits per heavy atom. The fraction of sp³-hybridized carbons (Fsp3) is 0.429. The minimum Gasteiger partial charge on any atom is -0.421 e. The van der Waals surface area contributed by atoms with Crippen LogP contribution in [0.25, 0.3) is 11.5 Å². The zero-order chi connectivity index (χ0) is 13.0. The summed E-state index contributed by atoms with van der Waals surface area (Å²) in [6, 6.07) is 6.16. The summed E-state index contributed by atoms with van der Waals surface area (Å²) in [6.45, 7) is 8.02. The van der Waals surface area contributed by atoms with E-state index >= 15 is 0 Å². The van der Waals surface area contributed by atoms with Crippen LogP contribution in [-0.4, -0.2) is 23.3 Å². The highest BCUT2D eigenvalue weighted by Gasteiger charge is 2.12. The Kier molecular flexibility index (Phi) is 4.10. The van der Waals surface area contributed by atoms with Gasteiger partial charge in [-0.15, -0.1) is 10.2 Å². The van der Waals surface area contributed by atoms with Crippen molar-refractivity contribution in [2.45, 2.75) is 27.2 Å². The van der Waals surface area contributed by atoms with Crippen molar-refractivity contribution in [2.24, 2.45) is 0 Å². The SMILES string of the molecule is CCNCCc1nnc(-c2c(C)cccc2C)o1. The number of aryl methyl sites for hydroxylation is 2. The van der Waals surface area contributed by atoms with Crippen LogP contribution in [0.5, 0.6) is 0 Å². The lowest BCUT2D eigenvalue weighted by molar-refractivity contribution is 0.496. The molecule has 2 aromatic rings. The van der Waals surface area contributed by atoms with Crippen molar-refractivity contribution >= 4 is 0 Å². The quantitative estimate of drug-likeness (QED) is 0.822. The van der Waals surface area contributed by atoms with Gasteiger partial charge in [0.1, 0.15) is 0 Å². The molecule has 4 nitrogen and oxygen atoms in total. The second-order valence-corrected chi connectivity index (χ2v) is 4.37. The molecule has 0 bridgehead atoms. The minimum absolute atomic E-state index is 0.622. The van der Waals surface area contributed by atoms with Gasteiger partial charge in [-0.25, -0.2) is 0 Å². The first-order chi connectivity index (χ1) is 8.72. The Bertz CT molecular complexity index is 499. The number of rotatable bonds is 5. The molecule has 1 N–H and O–H groups in total. The second-order valence-electron chi connectivity index (χ2n) is 4.37. The van der Waals surface area contributed by atoms with Crippen LogP contribution in [0, 0.1) is 13.8 Å². The molecule has 0 spiro atoms. The second kappa shape index (κ2) is 5.78. The van der Waals surface area contributed by atoms with E-state index in [9.17, 15) is 0 Å². The molecule has 0 saturated heterocycles. The number of nitrogens with one attached hydrogen (secondary N) is 1. The first-order valence-electron chi connectivity index (χ1n) is 6.32. The Labute approximate surface area is 107 Å². The molecule has 0 aliphatic rings. The van der Waals surface area contributed by atoms with Gasteiger partial charge in [0, 0.05) is 18.5 Å². The largest absolute Gasteiger partial charge is 0.421 e. The zero-order valence-corrected chi connectivity index (χ0v) is 11.2. The molecule has 4 heteroatoms. The number of nitrogens with zero attached hydrogens (tertiary/aromatic N) is 2. The molecule has 0 radical (unpaired) electrons. The molecule has 1 heterocycles. The number of hydrogen-bond donors (Lipinski definition) is 1. The Morgan fingerprint density at radius 2 is 1.89 bits per heavy atom. The summed E-state index contributed by atoms with van der Waals surface area (Å²) in [5, 5.41) is 11.5. The van der Waals surface area contributed by atoms with Crippen LogP contribution in [0.4, 0.5) is 0 Å². The van der Waals surface area contributed by atoms with Crippen molar-refractivity contribution in [1.82, 2.24) is 15.5 Å². The fourth-order valence-electron chi connectivity index (χ4n) is 1.98. The van der Waals surface area contributed by atoms with Crippen molar-refractivity contribution in [3.8, 4) is 11.5 Å². The zero-order valence-electron chi connectivity index (χ0n) is 11.2. The molecule has 1 aromatic heterocycles. The number of benzene rings is 1. The van der Waals surface area contributed by atoms with E-state index < -0.39 is 0 Å². The van der Waals surface area contributed by atoms with Gasteiger partial charge in [-0.1, -0.05) is 25.1 Å². The fourth-order valence-corrected chi connectivity index (χ4v) is 1.98. The lowest BCUT2D eigenvalue weighted by atomic mass is 10.0. The minimum atomic E-state index is 0.622. The average Bonchev–Trinajstić information content (AvgIpc) is 2.78. The van der Waals surface area contributed by atoms with Gasteiger partial charge in [0.2, 0.25) is 11.8 Å². The molecule has 0 amide bonds. The summed E-state index contributed by atoms with van der Waals surface area (Å²) < 4.78 is 5.72. The highest BCUT2D eigenvalue weighted by atomic mass is 16.4. The van der Waals surface area contributed by atoms with Crippen LogP contribution in [-0.2, 0) is 6.42 Å². The van der Waals surface area contributed by atoms with Gasteiger partial charge >= 0.3 is 0 Å². The summed E-state index contributed by atoms with van der Waals surface area (Å²) in [7, 11) is 0. The van der Waals surface area contributed by atoms with Crippen molar-refractivity contribution < 1.29 is 4.42 Å². The molecule has 0 atom stereocenters. The van der Waals surface area contributed by atoms with E-state index in [1.807, 2.05) is 6.07 Å². The highest BCUT2D eigenvalue weighted by Crippen LogP contribution is 2.25. The summed E-state index contributed by atoms with van der Waals surface area (Å²) >= 11 is 0. The first kappa shape index (κ1) is 12.8. The summed E-state index contributed by atoms with van der Waals surface area (Å²) in [6.07, 6.45) is 0.770.